The molecule has 0 aliphatic carbocycles. The average molecular weight is 282 g/mol. The molecule has 0 radical (unpaired) electrons. The molecular formula is C17H18N2O2. The Morgan fingerprint density at radius 3 is 2.43 bits per heavy atom. The molecule has 1 N–H and O–H groups in total. The second-order valence-electron chi connectivity index (χ2n) is 4.59. The number of hydrogen-bond donors (Lipinski definition) is 1. The Morgan fingerprint density at radius 1 is 1.10 bits per heavy atom. The molecule has 21 heavy (non-hydrogen) atoms. The van der Waals surface area contributed by atoms with Gasteiger partial charge in [0.05, 0.1) is 25.9 Å². The molecule has 0 saturated carbocycles. The summed E-state index contributed by atoms with van der Waals surface area (Å²) >= 11 is 0. The number of methoxy groups -OCH3 is 2. The molecule has 0 spiro atoms. The Balaban J connectivity index is 2.62. The summed E-state index contributed by atoms with van der Waals surface area (Å²) in [5.74, 6) is 1.37. The first-order valence-electron chi connectivity index (χ1n) is 6.63. The third-order valence-electron chi connectivity index (χ3n) is 3.28. The van der Waals surface area contributed by atoms with Crippen molar-refractivity contribution in [2.24, 2.45) is 0 Å². The molecule has 2 aromatic carbocycles. The van der Waals surface area contributed by atoms with Crippen molar-refractivity contribution in [1.29, 1.82) is 5.26 Å². The highest BCUT2D eigenvalue weighted by Crippen LogP contribution is 2.36. The zero-order valence-corrected chi connectivity index (χ0v) is 12.4. The number of hydrogen-bond acceptors (Lipinski definition) is 4. The zero-order valence-electron chi connectivity index (χ0n) is 12.4. The number of nitriles is 1. The topological polar surface area (TPSA) is 54.3 Å². The van der Waals surface area contributed by atoms with Crippen LogP contribution in [0.1, 0.15) is 11.1 Å². The molecular weight excluding hydrogens is 264 g/mol. The lowest BCUT2D eigenvalue weighted by Crippen LogP contribution is -2.07. The molecule has 0 aromatic heterocycles. The van der Waals surface area contributed by atoms with Crippen molar-refractivity contribution >= 4 is 0 Å². The van der Waals surface area contributed by atoms with Crippen molar-refractivity contribution in [3.8, 4) is 28.7 Å². The summed E-state index contributed by atoms with van der Waals surface area (Å²) in [7, 11) is 5.13. The first-order valence-corrected chi connectivity index (χ1v) is 6.63. The predicted molar refractivity (Wildman–Crippen MR) is 82.5 cm³/mol. The van der Waals surface area contributed by atoms with E-state index in [1.54, 1.807) is 20.3 Å². The molecule has 108 valence electrons. The maximum absolute atomic E-state index is 9.06. The maximum Gasteiger partial charge on any atom is 0.161 e. The number of rotatable bonds is 5. The van der Waals surface area contributed by atoms with E-state index in [4.69, 9.17) is 14.7 Å². The molecule has 0 aliphatic rings. The van der Waals surface area contributed by atoms with Crippen LogP contribution in [0.5, 0.6) is 11.5 Å². The minimum Gasteiger partial charge on any atom is -0.493 e. The van der Waals surface area contributed by atoms with Crippen molar-refractivity contribution in [3.63, 3.8) is 0 Å². The van der Waals surface area contributed by atoms with Crippen LogP contribution >= 0.6 is 0 Å². The molecule has 0 amide bonds. The highest BCUT2D eigenvalue weighted by Gasteiger charge is 2.12. The van der Waals surface area contributed by atoms with Crippen molar-refractivity contribution in [3.05, 3.63) is 47.5 Å². The van der Waals surface area contributed by atoms with Crippen LogP contribution in [-0.4, -0.2) is 21.3 Å². The van der Waals surface area contributed by atoms with E-state index in [0.29, 0.717) is 23.6 Å². The van der Waals surface area contributed by atoms with Crippen LogP contribution in [0.4, 0.5) is 0 Å². The van der Waals surface area contributed by atoms with E-state index in [2.05, 4.69) is 11.4 Å². The van der Waals surface area contributed by atoms with Crippen LogP contribution in [0.15, 0.2) is 36.4 Å². The fraction of sp³-hybridized carbons (Fsp3) is 0.235. The van der Waals surface area contributed by atoms with Crippen LogP contribution in [0.2, 0.25) is 0 Å². The molecule has 2 aromatic rings. The first-order chi connectivity index (χ1) is 10.2. The molecule has 4 heteroatoms. The van der Waals surface area contributed by atoms with E-state index in [-0.39, 0.29) is 0 Å². The molecule has 2 rings (SSSR count). The monoisotopic (exact) mass is 282 g/mol. The normalized spacial score (nSPS) is 10.0. The lowest BCUT2D eigenvalue weighted by atomic mass is 9.97. The van der Waals surface area contributed by atoms with Gasteiger partial charge in [-0.3, -0.25) is 0 Å². The fourth-order valence-corrected chi connectivity index (χ4v) is 2.28. The van der Waals surface area contributed by atoms with Gasteiger partial charge in [0.25, 0.3) is 0 Å². The number of ether oxygens (including phenoxy) is 2. The molecule has 0 unspecified atom stereocenters. The lowest BCUT2D eigenvalue weighted by Gasteiger charge is -2.15. The van der Waals surface area contributed by atoms with Crippen molar-refractivity contribution in [1.82, 2.24) is 5.32 Å². The van der Waals surface area contributed by atoms with E-state index >= 15 is 0 Å². The summed E-state index contributed by atoms with van der Waals surface area (Å²) in [6.07, 6.45) is 0. The lowest BCUT2D eigenvalue weighted by molar-refractivity contribution is 0.354. The van der Waals surface area contributed by atoms with Gasteiger partial charge in [-0.25, -0.2) is 0 Å². The Bertz CT molecular complexity index is 675. The summed E-state index contributed by atoms with van der Waals surface area (Å²) in [6.45, 7) is 0.701. The molecule has 0 heterocycles. The predicted octanol–water partition coefficient (Wildman–Crippen LogP) is 2.96. The fourth-order valence-electron chi connectivity index (χ4n) is 2.28. The van der Waals surface area contributed by atoms with E-state index in [1.807, 2.05) is 37.4 Å². The van der Waals surface area contributed by atoms with E-state index in [0.717, 1.165) is 16.7 Å². The van der Waals surface area contributed by atoms with Crippen LogP contribution in [-0.2, 0) is 6.54 Å². The van der Waals surface area contributed by atoms with E-state index < -0.39 is 0 Å². The second-order valence-corrected chi connectivity index (χ2v) is 4.59. The minimum atomic E-state index is 0.637. The van der Waals surface area contributed by atoms with Gasteiger partial charge in [-0.2, -0.15) is 5.26 Å². The number of nitrogens with one attached hydrogen (secondary N) is 1. The maximum atomic E-state index is 9.06. The highest BCUT2D eigenvalue weighted by molar-refractivity contribution is 5.72. The third kappa shape index (κ3) is 3.15. The summed E-state index contributed by atoms with van der Waals surface area (Å²) in [5, 5.41) is 12.2. The Morgan fingerprint density at radius 2 is 1.81 bits per heavy atom. The summed E-state index contributed by atoms with van der Waals surface area (Å²) in [5.41, 5.74) is 3.74. The summed E-state index contributed by atoms with van der Waals surface area (Å²) in [4.78, 5) is 0. The molecule has 0 bridgehead atoms. The van der Waals surface area contributed by atoms with Gasteiger partial charge in [0.15, 0.2) is 11.5 Å². The van der Waals surface area contributed by atoms with Gasteiger partial charge < -0.3 is 14.8 Å². The van der Waals surface area contributed by atoms with Gasteiger partial charge >= 0.3 is 0 Å². The van der Waals surface area contributed by atoms with Gasteiger partial charge in [0.1, 0.15) is 0 Å². The zero-order chi connectivity index (χ0) is 15.2. The quantitative estimate of drug-likeness (QED) is 0.916. The van der Waals surface area contributed by atoms with Gasteiger partial charge in [0, 0.05) is 6.54 Å². The SMILES string of the molecule is CNCc1cc(OC)c(OC)cc1-c1cccc(C#N)c1. The van der Waals surface area contributed by atoms with Crippen LogP contribution < -0.4 is 14.8 Å². The third-order valence-corrected chi connectivity index (χ3v) is 3.28. The van der Waals surface area contributed by atoms with E-state index in [1.165, 1.54) is 0 Å². The molecule has 0 saturated heterocycles. The summed E-state index contributed by atoms with van der Waals surface area (Å²) in [6, 6.07) is 13.6. The Labute approximate surface area is 124 Å². The van der Waals surface area contributed by atoms with E-state index in [9.17, 15) is 0 Å². The number of benzene rings is 2. The van der Waals surface area contributed by atoms with Gasteiger partial charge in [-0.1, -0.05) is 12.1 Å². The molecule has 0 atom stereocenters. The standard InChI is InChI=1S/C17H18N2O2/c1-19-11-14-8-16(20-2)17(21-3)9-15(14)13-6-4-5-12(7-13)10-18/h4-9,19H,11H2,1-3H3. The Hall–Kier alpha value is -2.51. The van der Waals surface area contributed by atoms with Crippen molar-refractivity contribution in [2.75, 3.05) is 21.3 Å². The van der Waals surface area contributed by atoms with Crippen LogP contribution in [0.25, 0.3) is 11.1 Å². The molecule has 4 nitrogen and oxygen atoms in total. The van der Waals surface area contributed by atoms with Crippen LogP contribution in [0.3, 0.4) is 0 Å². The molecule has 0 aliphatic heterocycles. The smallest absolute Gasteiger partial charge is 0.161 e. The van der Waals surface area contributed by atoms with Gasteiger partial charge in [-0.15, -0.1) is 0 Å². The highest BCUT2D eigenvalue weighted by atomic mass is 16.5. The van der Waals surface area contributed by atoms with Crippen molar-refractivity contribution < 1.29 is 9.47 Å². The average Bonchev–Trinajstić information content (AvgIpc) is 2.54. The van der Waals surface area contributed by atoms with Crippen LogP contribution in [0, 0.1) is 11.3 Å². The Kier molecular flexibility index (Phi) is 4.81. The second kappa shape index (κ2) is 6.78. The molecule has 0 fully saturated rings. The van der Waals surface area contributed by atoms with Crippen molar-refractivity contribution in [2.45, 2.75) is 6.54 Å². The largest absolute Gasteiger partial charge is 0.493 e. The van der Waals surface area contributed by atoms with Gasteiger partial charge in [0.2, 0.25) is 0 Å². The number of nitrogens with zero attached hydrogens (tertiary/aromatic N) is 1. The first kappa shape index (κ1) is 14.9. The summed E-state index contributed by atoms with van der Waals surface area (Å²) < 4.78 is 10.7. The van der Waals surface area contributed by atoms with Gasteiger partial charge in [-0.05, 0) is 48.0 Å². The minimum absolute atomic E-state index is 0.637.